The van der Waals surface area contributed by atoms with Gasteiger partial charge < -0.3 is 18.1 Å². The van der Waals surface area contributed by atoms with Crippen LogP contribution in [0.5, 0.6) is 0 Å². The average Bonchev–Trinajstić information content (AvgIpc) is 3.75. The van der Waals surface area contributed by atoms with Gasteiger partial charge in [0, 0.05) is 55.0 Å². The van der Waals surface area contributed by atoms with Crippen LogP contribution in [-0.4, -0.2) is 13.7 Å². The van der Waals surface area contributed by atoms with E-state index in [1.807, 2.05) is 0 Å². The van der Waals surface area contributed by atoms with Crippen LogP contribution in [0.4, 0.5) is 0 Å². The van der Waals surface area contributed by atoms with E-state index in [2.05, 4.69) is 202 Å². The summed E-state index contributed by atoms with van der Waals surface area (Å²) in [6.45, 7) is 0. The maximum atomic E-state index is 6.50. The molecule has 0 fully saturated rings. The number of fused-ring (bicyclic) bond motifs is 10. The van der Waals surface area contributed by atoms with Crippen molar-refractivity contribution in [2.75, 3.05) is 0 Å². The van der Waals surface area contributed by atoms with Gasteiger partial charge >= 0.3 is 0 Å². The predicted molar refractivity (Wildman–Crippen MR) is 217 cm³/mol. The van der Waals surface area contributed by atoms with Crippen LogP contribution in [-0.2, 0) is 0 Å². The van der Waals surface area contributed by atoms with Crippen molar-refractivity contribution in [3.63, 3.8) is 0 Å². The van der Waals surface area contributed by atoms with Crippen molar-refractivity contribution >= 4 is 76.6 Å². The summed E-state index contributed by atoms with van der Waals surface area (Å²) in [6, 6.07) is 67.6. The number of aromatic nitrogens is 3. The lowest BCUT2D eigenvalue weighted by molar-refractivity contribution is 0.669. The molecule has 0 aliphatic heterocycles. The first-order chi connectivity index (χ1) is 25.8. The van der Waals surface area contributed by atoms with Gasteiger partial charge in [0.25, 0.3) is 0 Å². The molecule has 0 atom stereocenters. The Morgan fingerprint density at radius 2 is 0.846 bits per heavy atom. The first kappa shape index (κ1) is 28.8. The third-order valence-corrected chi connectivity index (χ3v) is 10.4. The van der Waals surface area contributed by atoms with Crippen LogP contribution < -0.4 is 0 Å². The minimum Gasteiger partial charge on any atom is -0.456 e. The number of hydrogen-bond acceptors (Lipinski definition) is 1. The molecule has 4 heteroatoms. The largest absolute Gasteiger partial charge is 0.456 e. The number of benzene rings is 8. The van der Waals surface area contributed by atoms with Gasteiger partial charge in [-0.2, -0.15) is 0 Å². The molecular formula is C48H31N3O. The van der Waals surface area contributed by atoms with E-state index in [0.29, 0.717) is 0 Å². The molecule has 0 spiro atoms. The third-order valence-electron chi connectivity index (χ3n) is 10.4. The second-order valence-electron chi connectivity index (χ2n) is 13.4. The lowest BCUT2D eigenvalue weighted by atomic mass is 10.1. The predicted octanol–water partition coefficient (Wildman–Crippen LogP) is 12.8. The summed E-state index contributed by atoms with van der Waals surface area (Å²) in [7, 11) is 0. The van der Waals surface area contributed by atoms with Crippen molar-refractivity contribution in [2.45, 2.75) is 0 Å². The third kappa shape index (κ3) is 4.34. The second kappa shape index (κ2) is 11.2. The summed E-state index contributed by atoms with van der Waals surface area (Å²) in [5.74, 6) is 0. The smallest absolute Gasteiger partial charge is 0.135 e. The molecule has 0 saturated carbocycles. The Balaban J connectivity index is 1.36. The van der Waals surface area contributed by atoms with Crippen molar-refractivity contribution in [3.05, 3.63) is 188 Å². The van der Waals surface area contributed by atoms with Gasteiger partial charge in [0.2, 0.25) is 0 Å². The van der Waals surface area contributed by atoms with E-state index < -0.39 is 0 Å². The monoisotopic (exact) mass is 665 g/mol. The average molecular weight is 666 g/mol. The van der Waals surface area contributed by atoms with Crippen LogP contribution in [0.1, 0.15) is 0 Å². The molecule has 3 heterocycles. The highest BCUT2D eigenvalue weighted by molar-refractivity contribution is 6.13. The highest BCUT2D eigenvalue weighted by atomic mass is 16.3. The fraction of sp³-hybridized carbons (Fsp3) is 0. The van der Waals surface area contributed by atoms with Crippen LogP contribution >= 0.6 is 0 Å². The fourth-order valence-electron chi connectivity index (χ4n) is 8.16. The molecule has 0 aliphatic rings. The highest BCUT2D eigenvalue weighted by Crippen LogP contribution is 2.38. The summed E-state index contributed by atoms with van der Waals surface area (Å²) in [4.78, 5) is 0. The number of rotatable bonds is 3. The van der Waals surface area contributed by atoms with Gasteiger partial charge in [0.05, 0.1) is 16.7 Å². The molecule has 3 aromatic heterocycles. The molecule has 0 amide bonds. The molecular weight excluding hydrogens is 635 g/mol. The van der Waals surface area contributed by atoms with Crippen molar-refractivity contribution < 1.29 is 4.42 Å². The van der Waals surface area contributed by atoms with Crippen LogP contribution in [0.3, 0.4) is 0 Å². The molecule has 52 heavy (non-hydrogen) atoms. The van der Waals surface area contributed by atoms with Crippen LogP contribution in [0, 0.1) is 0 Å². The maximum absolute atomic E-state index is 6.50. The molecule has 8 aromatic carbocycles. The summed E-state index contributed by atoms with van der Waals surface area (Å²) in [5, 5.41) is 6.88. The van der Waals surface area contributed by atoms with Crippen LogP contribution in [0.2, 0.25) is 0 Å². The van der Waals surface area contributed by atoms with Crippen molar-refractivity contribution in [1.29, 1.82) is 0 Å². The Hall–Kier alpha value is -7.04. The Morgan fingerprint density at radius 3 is 1.52 bits per heavy atom. The number of hydrogen-bond donors (Lipinski definition) is 0. The lowest BCUT2D eigenvalue weighted by Crippen LogP contribution is -2.02. The SMILES string of the molecule is c1ccc(-n2c3cccc(c3)c3cccc(c3)n(-c3cccc4c5ccccc5n(-c5ccccc5)c34)c3ccc4oc5ccc2cc5c4c3)cc1. The molecule has 11 aromatic rings. The van der Waals surface area contributed by atoms with Gasteiger partial charge in [-0.05, 0) is 108 Å². The Kier molecular flexibility index (Phi) is 6.22. The maximum Gasteiger partial charge on any atom is 0.135 e. The van der Waals surface area contributed by atoms with Gasteiger partial charge in [-0.25, -0.2) is 0 Å². The van der Waals surface area contributed by atoms with Gasteiger partial charge in [-0.15, -0.1) is 0 Å². The van der Waals surface area contributed by atoms with Gasteiger partial charge in [0.15, 0.2) is 0 Å². The molecule has 0 aliphatic carbocycles. The van der Waals surface area contributed by atoms with E-state index in [0.717, 1.165) is 77.4 Å². The summed E-state index contributed by atoms with van der Waals surface area (Å²) in [6.07, 6.45) is 0. The number of furan rings is 1. The normalized spacial score (nSPS) is 11.8. The summed E-state index contributed by atoms with van der Waals surface area (Å²) >= 11 is 0. The molecule has 0 saturated heterocycles. The van der Waals surface area contributed by atoms with E-state index in [1.165, 1.54) is 16.3 Å². The molecule has 0 radical (unpaired) electrons. The zero-order valence-electron chi connectivity index (χ0n) is 28.1. The van der Waals surface area contributed by atoms with Gasteiger partial charge in [0.1, 0.15) is 11.2 Å². The summed E-state index contributed by atoms with van der Waals surface area (Å²) < 4.78 is 13.7. The Labute approximate surface area is 298 Å². The fourth-order valence-corrected chi connectivity index (χ4v) is 8.16. The second-order valence-corrected chi connectivity index (χ2v) is 13.4. The minimum absolute atomic E-state index is 0.863. The molecule has 0 unspecified atom stereocenters. The Bertz CT molecular complexity index is 3230. The molecule has 4 nitrogen and oxygen atoms in total. The van der Waals surface area contributed by atoms with E-state index in [1.54, 1.807) is 0 Å². The van der Waals surface area contributed by atoms with E-state index in [9.17, 15) is 0 Å². The van der Waals surface area contributed by atoms with Crippen LogP contribution in [0.25, 0.3) is 93.6 Å². The van der Waals surface area contributed by atoms with Crippen LogP contribution in [0.15, 0.2) is 192 Å². The topological polar surface area (TPSA) is 27.9 Å². The number of nitrogens with zero attached hydrogens (tertiary/aromatic N) is 3. The summed E-state index contributed by atoms with van der Waals surface area (Å²) in [5.41, 5.74) is 11.7. The van der Waals surface area contributed by atoms with E-state index in [-0.39, 0.29) is 0 Å². The zero-order valence-corrected chi connectivity index (χ0v) is 28.1. The zero-order chi connectivity index (χ0) is 34.2. The van der Waals surface area contributed by atoms with E-state index in [4.69, 9.17) is 4.42 Å². The first-order valence-corrected chi connectivity index (χ1v) is 17.7. The van der Waals surface area contributed by atoms with Crippen molar-refractivity contribution in [1.82, 2.24) is 13.7 Å². The highest BCUT2D eigenvalue weighted by Gasteiger charge is 2.18. The molecule has 0 N–H and O–H groups in total. The Morgan fingerprint density at radius 1 is 0.327 bits per heavy atom. The molecule has 244 valence electrons. The standard InChI is InChI=1S/C48H31N3O/c1-3-14-34(15-4-1)49-36-18-9-12-32(28-36)33-13-10-19-37(29-33)50(39-25-27-47-43(31-39)42-30-38(49)24-26-46(42)52-47)45-23-11-21-41-40-20-7-8-22-44(40)51(48(41)45)35-16-5-2-6-17-35/h1-31H. The van der Waals surface area contributed by atoms with Crippen molar-refractivity contribution in [2.24, 2.45) is 0 Å². The van der Waals surface area contributed by atoms with Gasteiger partial charge in [-0.3, -0.25) is 0 Å². The number of para-hydroxylation sites is 4. The molecule has 8 bridgehead atoms. The lowest BCUT2D eigenvalue weighted by Gasteiger charge is -2.16. The van der Waals surface area contributed by atoms with Crippen molar-refractivity contribution in [3.8, 4) is 17.1 Å². The quantitative estimate of drug-likeness (QED) is 0.185. The first-order valence-electron chi connectivity index (χ1n) is 17.7. The molecule has 11 rings (SSSR count). The van der Waals surface area contributed by atoms with Gasteiger partial charge in [-0.1, -0.05) is 91.0 Å². The van der Waals surface area contributed by atoms with E-state index >= 15 is 0 Å². The minimum atomic E-state index is 0.863.